The fraction of sp³-hybridized carbons (Fsp3) is 0.444. The molecule has 1 fully saturated rings. The third kappa shape index (κ3) is 4.20. The Morgan fingerprint density at radius 2 is 2.22 bits per heavy atom. The molecule has 1 aliphatic rings. The van der Waals surface area contributed by atoms with Crippen molar-refractivity contribution in [1.29, 1.82) is 0 Å². The Bertz CT molecular complexity index is 633. The van der Waals surface area contributed by atoms with Gasteiger partial charge in [0.05, 0.1) is 12.6 Å². The number of hydrogen-bond acceptors (Lipinski definition) is 3. The first-order valence-electron chi connectivity index (χ1n) is 8.13. The number of imidazole rings is 1. The Labute approximate surface area is 136 Å². The number of amides is 1. The molecule has 1 aromatic heterocycles. The second-order valence-corrected chi connectivity index (χ2v) is 5.99. The highest BCUT2D eigenvalue weighted by molar-refractivity contribution is 5.73. The van der Waals surface area contributed by atoms with Gasteiger partial charge in [-0.2, -0.15) is 0 Å². The predicted molar refractivity (Wildman–Crippen MR) is 87.8 cm³/mol. The molecule has 0 aliphatic carbocycles. The van der Waals surface area contributed by atoms with E-state index in [9.17, 15) is 4.79 Å². The molecule has 0 N–H and O–H groups in total. The van der Waals surface area contributed by atoms with E-state index in [0.29, 0.717) is 13.1 Å². The van der Waals surface area contributed by atoms with Crippen LogP contribution in [0.25, 0.3) is 0 Å². The van der Waals surface area contributed by atoms with Crippen molar-refractivity contribution in [2.45, 2.75) is 39.0 Å². The largest absolute Gasteiger partial charge is 0.376 e. The molecule has 1 aromatic carbocycles. The lowest BCUT2D eigenvalue weighted by molar-refractivity contribution is -0.131. The fourth-order valence-electron chi connectivity index (χ4n) is 2.93. The third-order valence-electron chi connectivity index (χ3n) is 4.22. The van der Waals surface area contributed by atoms with E-state index in [1.807, 2.05) is 29.3 Å². The van der Waals surface area contributed by atoms with Crippen LogP contribution in [0.3, 0.4) is 0 Å². The Morgan fingerprint density at radius 3 is 2.91 bits per heavy atom. The molecule has 0 unspecified atom stereocenters. The van der Waals surface area contributed by atoms with Crippen molar-refractivity contribution in [2.24, 2.45) is 0 Å². The van der Waals surface area contributed by atoms with Gasteiger partial charge in [-0.25, -0.2) is 4.98 Å². The third-order valence-corrected chi connectivity index (χ3v) is 4.22. The minimum atomic E-state index is 0.0646. The van der Waals surface area contributed by atoms with Crippen LogP contribution in [0.15, 0.2) is 42.7 Å². The Morgan fingerprint density at radius 1 is 1.39 bits per heavy atom. The zero-order valence-corrected chi connectivity index (χ0v) is 13.5. The molecule has 0 bridgehead atoms. The van der Waals surface area contributed by atoms with Crippen molar-refractivity contribution in [1.82, 2.24) is 14.5 Å². The molecule has 1 atom stereocenters. The van der Waals surface area contributed by atoms with E-state index in [-0.39, 0.29) is 12.0 Å². The zero-order chi connectivity index (χ0) is 16.1. The maximum atomic E-state index is 12.0. The smallest absolute Gasteiger partial charge is 0.219 e. The molecular formula is C18H23N3O2. The highest BCUT2D eigenvalue weighted by Crippen LogP contribution is 2.15. The maximum Gasteiger partial charge on any atom is 0.219 e. The van der Waals surface area contributed by atoms with Crippen LogP contribution in [0.1, 0.15) is 31.2 Å². The van der Waals surface area contributed by atoms with Crippen molar-refractivity contribution in [3.63, 3.8) is 0 Å². The molecule has 2 aromatic rings. The summed E-state index contributed by atoms with van der Waals surface area (Å²) in [5.41, 5.74) is 1.22. The van der Waals surface area contributed by atoms with E-state index < -0.39 is 0 Å². The molecule has 1 saturated heterocycles. The number of ether oxygens (including phenoxy) is 1. The Balaban J connectivity index is 1.68. The average molecular weight is 313 g/mol. The van der Waals surface area contributed by atoms with Gasteiger partial charge in [0.25, 0.3) is 0 Å². The minimum Gasteiger partial charge on any atom is -0.376 e. The molecule has 0 saturated carbocycles. The first kappa shape index (κ1) is 15.7. The molecule has 3 rings (SSSR count). The molecule has 5 nitrogen and oxygen atoms in total. The van der Waals surface area contributed by atoms with Crippen LogP contribution in [-0.2, 0) is 22.6 Å². The summed E-state index contributed by atoms with van der Waals surface area (Å²) in [4.78, 5) is 18.2. The molecule has 2 heterocycles. The number of benzene rings is 1. The highest BCUT2D eigenvalue weighted by atomic mass is 16.5. The van der Waals surface area contributed by atoms with E-state index in [0.717, 1.165) is 31.8 Å². The second-order valence-electron chi connectivity index (χ2n) is 5.99. The van der Waals surface area contributed by atoms with E-state index in [4.69, 9.17) is 4.74 Å². The summed E-state index contributed by atoms with van der Waals surface area (Å²) >= 11 is 0. The monoisotopic (exact) mass is 313 g/mol. The van der Waals surface area contributed by atoms with Gasteiger partial charge < -0.3 is 14.2 Å². The molecular weight excluding hydrogens is 290 g/mol. The molecule has 23 heavy (non-hydrogen) atoms. The standard InChI is InChI=1S/C18H23N3O2/c1-15(22)21(13-17-8-5-11-23-17)14-18-19-9-10-20(18)12-16-6-3-2-4-7-16/h2-4,6-7,9-10,17H,5,8,11-14H2,1H3/t17-/m1/s1. The molecule has 5 heteroatoms. The number of nitrogens with zero attached hydrogens (tertiary/aromatic N) is 3. The predicted octanol–water partition coefficient (Wildman–Crippen LogP) is 2.46. The lowest BCUT2D eigenvalue weighted by atomic mass is 10.2. The van der Waals surface area contributed by atoms with Crippen molar-refractivity contribution in [3.8, 4) is 0 Å². The maximum absolute atomic E-state index is 12.0. The van der Waals surface area contributed by atoms with Crippen molar-refractivity contribution in [2.75, 3.05) is 13.2 Å². The number of carbonyl (C=O) groups is 1. The lowest BCUT2D eigenvalue weighted by Crippen LogP contribution is -2.36. The van der Waals surface area contributed by atoms with Crippen LogP contribution in [0.4, 0.5) is 0 Å². The summed E-state index contributed by atoms with van der Waals surface area (Å²) in [7, 11) is 0. The summed E-state index contributed by atoms with van der Waals surface area (Å²) in [6.45, 7) is 4.35. The molecule has 1 aliphatic heterocycles. The van der Waals surface area contributed by atoms with Gasteiger partial charge in [-0.15, -0.1) is 0 Å². The van der Waals surface area contributed by atoms with Gasteiger partial charge in [-0.1, -0.05) is 30.3 Å². The van der Waals surface area contributed by atoms with E-state index in [1.165, 1.54) is 5.56 Å². The summed E-state index contributed by atoms with van der Waals surface area (Å²) in [6.07, 6.45) is 6.04. The minimum absolute atomic E-state index is 0.0646. The SMILES string of the molecule is CC(=O)N(Cc1nccn1Cc1ccccc1)C[C@H]1CCCO1. The Hall–Kier alpha value is -2.14. The van der Waals surface area contributed by atoms with Crippen molar-refractivity contribution in [3.05, 3.63) is 54.1 Å². The molecule has 0 radical (unpaired) electrons. The highest BCUT2D eigenvalue weighted by Gasteiger charge is 2.22. The Kier molecular flexibility index (Phi) is 5.08. The topological polar surface area (TPSA) is 47.4 Å². The van der Waals surface area contributed by atoms with Gasteiger partial charge in [-0.3, -0.25) is 4.79 Å². The van der Waals surface area contributed by atoms with Crippen molar-refractivity contribution >= 4 is 5.91 Å². The number of carbonyl (C=O) groups excluding carboxylic acids is 1. The van der Waals surface area contributed by atoms with Gasteiger partial charge >= 0.3 is 0 Å². The van der Waals surface area contributed by atoms with Gasteiger partial charge in [-0.05, 0) is 18.4 Å². The van der Waals surface area contributed by atoms with Gasteiger partial charge in [0.2, 0.25) is 5.91 Å². The van der Waals surface area contributed by atoms with E-state index in [2.05, 4.69) is 21.7 Å². The number of aromatic nitrogens is 2. The lowest BCUT2D eigenvalue weighted by Gasteiger charge is -2.24. The molecule has 0 spiro atoms. The van der Waals surface area contributed by atoms with Crippen LogP contribution in [-0.4, -0.2) is 39.6 Å². The van der Waals surface area contributed by atoms with Crippen LogP contribution in [0.5, 0.6) is 0 Å². The normalized spacial score (nSPS) is 17.3. The summed E-state index contributed by atoms with van der Waals surface area (Å²) < 4.78 is 7.76. The fourth-order valence-corrected chi connectivity index (χ4v) is 2.93. The average Bonchev–Trinajstić information content (AvgIpc) is 3.20. The molecule has 122 valence electrons. The first-order valence-corrected chi connectivity index (χ1v) is 8.13. The van der Waals surface area contributed by atoms with E-state index >= 15 is 0 Å². The van der Waals surface area contributed by atoms with Crippen LogP contribution >= 0.6 is 0 Å². The zero-order valence-electron chi connectivity index (χ0n) is 13.5. The van der Waals surface area contributed by atoms with Gasteiger partial charge in [0, 0.05) is 39.0 Å². The quantitative estimate of drug-likeness (QED) is 0.823. The van der Waals surface area contributed by atoms with Crippen LogP contribution in [0.2, 0.25) is 0 Å². The van der Waals surface area contributed by atoms with Gasteiger partial charge in [0.15, 0.2) is 0 Å². The van der Waals surface area contributed by atoms with E-state index in [1.54, 1.807) is 13.1 Å². The second kappa shape index (κ2) is 7.42. The number of hydrogen-bond donors (Lipinski definition) is 0. The first-order chi connectivity index (χ1) is 11.2. The molecule has 1 amide bonds. The van der Waals surface area contributed by atoms with Crippen LogP contribution in [0, 0.1) is 0 Å². The van der Waals surface area contributed by atoms with Gasteiger partial charge in [0.1, 0.15) is 5.82 Å². The summed E-state index contributed by atoms with van der Waals surface area (Å²) in [5.74, 6) is 0.969. The van der Waals surface area contributed by atoms with Crippen molar-refractivity contribution < 1.29 is 9.53 Å². The summed E-state index contributed by atoms with van der Waals surface area (Å²) in [5, 5.41) is 0. The van der Waals surface area contributed by atoms with Crippen LogP contribution < -0.4 is 0 Å². The number of rotatable bonds is 6. The summed E-state index contributed by atoms with van der Waals surface area (Å²) in [6, 6.07) is 10.3.